The lowest BCUT2D eigenvalue weighted by molar-refractivity contribution is -0.615. The summed E-state index contributed by atoms with van der Waals surface area (Å²) in [6.07, 6.45) is 3.34. The number of nitrogens with zero attached hydrogens (tertiary/aromatic N) is 8. The summed E-state index contributed by atoms with van der Waals surface area (Å²) in [5.74, 6) is -0.355. The van der Waals surface area contributed by atoms with Crippen LogP contribution in [-0.2, 0) is 6.18 Å². The number of rotatable bonds is 7. The van der Waals surface area contributed by atoms with E-state index in [0.717, 1.165) is 25.1 Å². The lowest BCUT2D eigenvalue weighted by Crippen LogP contribution is -2.35. The molecule has 41 heavy (non-hydrogen) atoms. The van der Waals surface area contributed by atoms with Crippen molar-refractivity contribution in [1.82, 2.24) is 35.0 Å². The number of pyridine rings is 2. The average molecular weight is 585 g/mol. The van der Waals surface area contributed by atoms with Crippen molar-refractivity contribution < 1.29 is 22.3 Å². The van der Waals surface area contributed by atoms with Gasteiger partial charge in [0.05, 0.1) is 27.5 Å². The van der Waals surface area contributed by atoms with Gasteiger partial charge in [-0.3, -0.25) is 9.67 Å². The Morgan fingerprint density at radius 2 is 1.95 bits per heavy atom. The van der Waals surface area contributed by atoms with E-state index in [4.69, 9.17) is 11.6 Å². The molecule has 1 atom stereocenters. The van der Waals surface area contributed by atoms with Crippen LogP contribution in [0.25, 0.3) is 27.9 Å². The van der Waals surface area contributed by atoms with Crippen LogP contribution in [0.15, 0.2) is 61.3 Å². The van der Waals surface area contributed by atoms with Crippen LogP contribution in [0.5, 0.6) is 0 Å². The van der Waals surface area contributed by atoms with E-state index in [9.17, 15) is 18.4 Å². The van der Waals surface area contributed by atoms with Gasteiger partial charge in [0.15, 0.2) is 12.0 Å². The molecule has 1 unspecified atom stereocenters. The number of aromatic nitrogens is 8. The van der Waals surface area contributed by atoms with Crippen LogP contribution < -0.4 is 4.73 Å². The Hall–Kier alpha value is -4.39. The first-order valence-electron chi connectivity index (χ1n) is 12.6. The van der Waals surface area contributed by atoms with E-state index < -0.39 is 23.7 Å². The molecule has 1 aliphatic rings. The topological polar surface area (TPSA) is 101 Å². The molecule has 1 aromatic carbocycles. The molecule has 4 aromatic heterocycles. The average Bonchev–Trinajstić information content (AvgIpc) is 3.43. The summed E-state index contributed by atoms with van der Waals surface area (Å²) in [6.45, 7) is 1.70. The highest BCUT2D eigenvalue weighted by Gasteiger charge is 2.34. The third-order valence-electron chi connectivity index (χ3n) is 7.09. The van der Waals surface area contributed by atoms with Crippen molar-refractivity contribution in [2.75, 3.05) is 0 Å². The number of hydrogen-bond donors (Lipinski definition) is 0. The van der Waals surface area contributed by atoms with E-state index in [-0.39, 0.29) is 16.1 Å². The lowest BCUT2D eigenvalue weighted by Gasteiger charge is -2.18. The maximum absolute atomic E-state index is 15.3. The fraction of sp³-hybridized carbons (Fsp3) is 0.259. The molecule has 1 fully saturated rings. The van der Waals surface area contributed by atoms with Crippen LogP contribution in [0.1, 0.15) is 42.4 Å². The lowest BCUT2D eigenvalue weighted by atomic mass is 10.0. The Bertz CT molecular complexity index is 1730. The Labute approximate surface area is 235 Å². The van der Waals surface area contributed by atoms with Gasteiger partial charge in [0, 0.05) is 24.0 Å². The molecule has 4 heterocycles. The number of halogens is 5. The Morgan fingerprint density at radius 3 is 2.63 bits per heavy atom. The molecule has 0 saturated heterocycles. The van der Waals surface area contributed by atoms with Crippen molar-refractivity contribution >= 4 is 11.6 Å². The van der Waals surface area contributed by atoms with Gasteiger partial charge in [-0.05, 0) is 65.6 Å². The van der Waals surface area contributed by atoms with Gasteiger partial charge >= 0.3 is 6.18 Å². The summed E-state index contributed by atoms with van der Waals surface area (Å²) in [4.78, 5) is 3.44. The minimum Gasteiger partial charge on any atom is -0.618 e. The van der Waals surface area contributed by atoms with Crippen molar-refractivity contribution in [3.63, 3.8) is 0 Å². The first-order chi connectivity index (χ1) is 19.6. The first-order valence-corrected chi connectivity index (χ1v) is 13.0. The van der Waals surface area contributed by atoms with E-state index in [1.165, 1.54) is 29.3 Å². The summed E-state index contributed by atoms with van der Waals surface area (Å²) in [5, 5.41) is 29.0. The normalized spacial score (nSPS) is 14.4. The minimum absolute atomic E-state index is 0.0510. The number of benzene rings is 1. The third-order valence-corrected chi connectivity index (χ3v) is 7.39. The molecule has 14 heteroatoms. The Kier molecular flexibility index (Phi) is 6.68. The number of hydrogen-bond acceptors (Lipinski definition) is 6. The molecule has 0 amide bonds. The zero-order valence-corrected chi connectivity index (χ0v) is 22.2. The predicted octanol–water partition coefficient (Wildman–Crippen LogP) is 5.73. The van der Waals surface area contributed by atoms with Gasteiger partial charge in [-0.25, -0.2) is 4.39 Å². The van der Waals surface area contributed by atoms with Crippen molar-refractivity contribution in [1.29, 1.82) is 0 Å². The molecular weight excluding hydrogens is 564 g/mol. The quantitative estimate of drug-likeness (QED) is 0.138. The molecule has 0 spiro atoms. The smallest absolute Gasteiger partial charge is 0.433 e. The Balaban J connectivity index is 1.40. The third kappa shape index (κ3) is 5.24. The fourth-order valence-corrected chi connectivity index (χ4v) is 5.04. The van der Waals surface area contributed by atoms with Crippen molar-refractivity contribution in [2.24, 2.45) is 5.92 Å². The van der Waals surface area contributed by atoms with Gasteiger partial charge in [-0.15, -0.1) is 5.10 Å². The van der Waals surface area contributed by atoms with Crippen LogP contribution in [0.2, 0.25) is 5.02 Å². The SMILES string of the molecule is Cc1nn(C(CC2CC2)c2ccc(-c3c(-n4cnnn4)ccc(Cl)c3F)c[n+]2[O-])cc1-c1ccnc(C(F)(F)F)c1. The van der Waals surface area contributed by atoms with Crippen LogP contribution in [0.3, 0.4) is 0 Å². The molecule has 5 aromatic rings. The fourth-order valence-electron chi connectivity index (χ4n) is 4.89. The number of aryl methyl sites for hydroxylation is 1. The number of alkyl halides is 3. The highest BCUT2D eigenvalue weighted by Crippen LogP contribution is 2.40. The van der Waals surface area contributed by atoms with Gasteiger partial charge < -0.3 is 5.21 Å². The highest BCUT2D eigenvalue weighted by atomic mass is 35.5. The standard InChI is InChI=1S/C27H21ClF4N8O/c1-15-19(17-8-9-33-24(11-17)27(30,31)32)13-38(35-15)23(10-16-2-3-16)21-6-4-18(12-40(21)41)25-22(39-14-34-36-37-39)7-5-20(28)26(25)29/h4-9,11-14,16,23H,2-3,10H2,1H3. The summed E-state index contributed by atoms with van der Waals surface area (Å²) in [7, 11) is 0. The van der Waals surface area contributed by atoms with E-state index in [1.807, 2.05) is 0 Å². The second-order valence-electron chi connectivity index (χ2n) is 9.91. The largest absolute Gasteiger partial charge is 0.618 e. The van der Waals surface area contributed by atoms with Gasteiger partial charge in [0.2, 0.25) is 5.69 Å². The van der Waals surface area contributed by atoms with E-state index in [2.05, 4.69) is 25.6 Å². The molecule has 6 rings (SSSR count). The summed E-state index contributed by atoms with van der Waals surface area (Å²) in [6, 6.07) is 8.10. The number of tetrazole rings is 1. The molecule has 0 radical (unpaired) electrons. The zero-order chi connectivity index (χ0) is 28.9. The van der Waals surface area contributed by atoms with Crippen LogP contribution >= 0.6 is 11.6 Å². The molecular formula is C27H21ClF4N8O. The molecule has 210 valence electrons. The van der Waals surface area contributed by atoms with Crippen molar-refractivity contribution in [2.45, 2.75) is 38.4 Å². The second kappa shape index (κ2) is 10.2. The molecule has 1 saturated carbocycles. The maximum atomic E-state index is 15.3. The van der Waals surface area contributed by atoms with E-state index >= 15 is 4.39 Å². The second-order valence-corrected chi connectivity index (χ2v) is 10.3. The van der Waals surface area contributed by atoms with E-state index in [0.29, 0.717) is 45.3 Å². The van der Waals surface area contributed by atoms with Gasteiger partial charge in [0.1, 0.15) is 18.1 Å². The summed E-state index contributed by atoms with van der Waals surface area (Å²) < 4.78 is 58.7. The van der Waals surface area contributed by atoms with Crippen LogP contribution in [-0.4, -0.2) is 35.0 Å². The van der Waals surface area contributed by atoms with Gasteiger partial charge in [-0.2, -0.15) is 27.7 Å². The molecule has 0 N–H and O–H groups in total. The van der Waals surface area contributed by atoms with Crippen molar-refractivity contribution in [3.8, 4) is 27.9 Å². The molecule has 9 nitrogen and oxygen atoms in total. The Morgan fingerprint density at radius 1 is 1.15 bits per heavy atom. The van der Waals surface area contributed by atoms with Gasteiger partial charge in [-0.1, -0.05) is 24.4 Å². The maximum Gasteiger partial charge on any atom is 0.433 e. The van der Waals surface area contributed by atoms with Gasteiger partial charge in [0.25, 0.3) is 0 Å². The molecule has 0 aliphatic heterocycles. The van der Waals surface area contributed by atoms with E-state index in [1.54, 1.807) is 36.0 Å². The predicted molar refractivity (Wildman–Crippen MR) is 139 cm³/mol. The monoisotopic (exact) mass is 584 g/mol. The molecule has 0 bridgehead atoms. The van der Waals surface area contributed by atoms with Crippen LogP contribution in [0.4, 0.5) is 17.6 Å². The minimum atomic E-state index is -4.59. The highest BCUT2D eigenvalue weighted by molar-refractivity contribution is 6.31. The first kappa shape index (κ1) is 26.8. The zero-order valence-electron chi connectivity index (χ0n) is 21.4. The van der Waals surface area contributed by atoms with Crippen molar-refractivity contribution in [3.05, 3.63) is 94.4 Å². The molecule has 1 aliphatic carbocycles. The van der Waals surface area contributed by atoms with Crippen LogP contribution in [0, 0.1) is 23.9 Å². The summed E-state index contributed by atoms with van der Waals surface area (Å²) in [5.41, 5.74) is 1.28. The summed E-state index contributed by atoms with van der Waals surface area (Å²) >= 11 is 6.07.